The lowest BCUT2D eigenvalue weighted by atomic mass is 9.98. The van der Waals surface area contributed by atoms with Crippen LogP contribution in [0.4, 0.5) is 5.82 Å². The van der Waals surface area contributed by atoms with E-state index in [0.717, 1.165) is 11.7 Å². The average molecular weight is 215 g/mol. The maximum Gasteiger partial charge on any atom is 0.126 e. The monoisotopic (exact) mass is 215 g/mol. The van der Waals surface area contributed by atoms with Gasteiger partial charge in [-0.15, -0.1) is 0 Å². The number of hydrogen-bond acceptors (Lipinski definition) is 3. The van der Waals surface area contributed by atoms with Gasteiger partial charge in [0.05, 0.1) is 5.56 Å². The highest BCUT2D eigenvalue weighted by Gasteiger charge is 2.29. The molecular weight excluding hydrogens is 198 g/mol. The summed E-state index contributed by atoms with van der Waals surface area (Å²) in [5.41, 5.74) is 0.610. The van der Waals surface area contributed by atoms with Crippen LogP contribution in [-0.4, -0.2) is 11.0 Å². The Hall–Kier alpha value is -1.56. The topological polar surface area (TPSA) is 48.7 Å². The maximum absolute atomic E-state index is 8.68. The second kappa shape index (κ2) is 4.52. The molecule has 3 atom stereocenters. The number of hydrogen-bond donors (Lipinski definition) is 1. The first-order chi connectivity index (χ1) is 7.70. The highest BCUT2D eigenvalue weighted by molar-refractivity contribution is 5.40. The maximum atomic E-state index is 8.68. The number of aromatic nitrogens is 1. The molecule has 0 radical (unpaired) electrons. The minimum absolute atomic E-state index is 0.524. The van der Waals surface area contributed by atoms with Gasteiger partial charge in [0.2, 0.25) is 0 Å². The zero-order valence-corrected chi connectivity index (χ0v) is 9.77. The molecule has 1 saturated carbocycles. The van der Waals surface area contributed by atoms with Gasteiger partial charge in [-0.3, -0.25) is 0 Å². The Morgan fingerprint density at radius 1 is 1.38 bits per heavy atom. The lowest BCUT2D eigenvalue weighted by Gasteiger charge is -2.20. The van der Waals surface area contributed by atoms with Crippen LogP contribution in [-0.2, 0) is 0 Å². The number of anilines is 1. The van der Waals surface area contributed by atoms with Crippen LogP contribution in [0.5, 0.6) is 0 Å². The van der Waals surface area contributed by atoms with E-state index in [9.17, 15) is 0 Å². The summed E-state index contributed by atoms with van der Waals surface area (Å²) in [6.07, 6.45) is 4.12. The van der Waals surface area contributed by atoms with Crippen LogP contribution in [0.15, 0.2) is 18.3 Å². The van der Waals surface area contributed by atoms with E-state index < -0.39 is 0 Å². The van der Waals surface area contributed by atoms with E-state index in [1.54, 1.807) is 12.3 Å². The molecule has 1 fully saturated rings. The van der Waals surface area contributed by atoms with Crippen molar-refractivity contribution in [1.29, 1.82) is 5.26 Å². The van der Waals surface area contributed by atoms with Crippen molar-refractivity contribution in [3.63, 3.8) is 0 Å². The molecular formula is C13H17N3. The van der Waals surface area contributed by atoms with E-state index in [4.69, 9.17) is 5.26 Å². The summed E-state index contributed by atoms with van der Waals surface area (Å²) in [5, 5.41) is 12.1. The molecule has 0 spiro atoms. The van der Waals surface area contributed by atoms with Crippen molar-refractivity contribution in [2.45, 2.75) is 32.7 Å². The third-order valence-electron chi connectivity index (χ3n) is 3.69. The normalized spacial score (nSPS) is 28.7. The molecule has 2 rings (SSSR count). The van der Waals surface area contributed by atoms with Gasteiger partial charge in [-0.1, -0.05) is 13.8 Å². The summed E-state index contributed by atoms with van der Waals surface area (Å²) in [6, 6.07) is 6.28. The van der Waals surface area contributed by atoms with Crippen LogP contribution in [0.1, 0.15) is 32.3 Å². The average Bonchev–Trinajstić information content (AvgIpc) is 2.62. The van der Waals surface area contributed by atoms with Gasteiger partial charge in [0.15, 0.2) is 0 Å². The molecule has 1 aliphatic rings. The minimum Gasteiger partial charge on any atom is -0.367 e. The third-order valence-corrected chi connectivity index (χ3v) is 3.69. The standard InChI is InChI=1S/C13H17N3/c1-9-3-5-12(10(9)2)16-13-6-4-11(7-14)8-15-13/h4,6,8-10,12H,3,5H2,1-2H3,(H,15,16). The van der Waals surface area contributed by atoms with Gasteiger partial charge in [-0.2, -0.15) is 5.26 Å². The lowest BCUT2D eigenvalue weighted by Crippen LogP contribution is -2.24. The second-order valence-corrected chi connectivity index (χ2v) is 4.71. The molecule has 0 amide bonds. The summed E-state index contributed by atoms with van der Waals surface area (Å²) < 4.78 is 0. The van der Waals surface area contributed by atoms with Crippen molar-refractivity contribution >= 4 is 5.82 Å². The molecule has 3 nitrogen and oxygen atoms in total. The quantitative estimate of drug-likeness (QED) is 0.825. The number of pyridine rings is 1. The fourth-order valence-corrected chi connectivity index (χ4v) is 2.30. The molecule has 0 aromatic carbocycles. The summed E-state index contributed by atoms with van der Waals surface area (Å²) in [7, 11) is 0. The molecule has 0 bridgehead atoms. The fourth-order valence-electron chi connectivity index (χ4n) is 2.30. The summed E-state index contributed by atoms with van der Waals surface area (Å²) >= 11 is 0. The van der Waals surface area contributed by atoms with Crippen molar-refractivity contribution in [2.24, 2.45) is 11.8 Å². The van der Waals surface area contributed by atoms with E-state index in [0.29, 0.717) is 17.5 Å². The Labute approximate surface area is 96.5 Å². The number of nitriles is 1. The first kappa shape index (κ1) is 10.9. The molecule has 1 N–H and O–H groups in total. The molecule has 0 saturated heterocycles. The second-order valence-electron chi connectivity index (χ2n) is 4.71. The Balaban J connectivity index is 2.02. The van der Waals surface area contributed by atoms with E-state index in [-0.39, 0.29) is 0 Å². The SMILES string of the molecule is CC1CCC(Nc2ccc(C#N)cn2)C1C. The Bertz CT molecular complexity index is 391. The first-order valence-electron chi connectivity index (χ1n) is 5.83. The molecule has 1 aliphatic carbocycles. The highest BCUT2D eigenvalue weighted by atomic mass is 15.0. The van der Waals surface area contributed by atoms with E-state index in [1.165, 1.54) is 12.8 Å². The largest absolute Gasteiger partial charge is 0.367 e. The predicted molar refractivity (Wildman–Crippen MR) is 63.9 cm³/mol. The van der Waals surface area contributed by atoms with Gasteiger partial charge in [0.1, 0.15) is 11.9 Å². The van der Waals surface area contributed by atoms with Gasteiger partial charge in [-0.25, -0.2) is 4.98 Å². The Kier molecular flexibility index (Phi) is 3.09. The fraction of sp³-hybridized carbons (Fsp3) is 0.538. The van der Waals surface area contributed by atoms with Gasteiger partial charge in [-0.05, 0) is 36.8 Å². The van der Waals surface area contributed by atoms with Crippen LogP contribution in [0.2, 0.25) is 0 Å². The predicted octanol–water partition coefficient (Wildman–Crippen LogP) is 2.80. The Morgan fingerprint density at radius 2 is 2.19 bits per heavy atom. The smallest absolute Gasteiger partial charge is 0.126 e. The van der Waals surface area contributed by atoms with E-state index >= 15 is 0 Å². The summed E-state index contributed by atoms with van der Waals surface area (Å²) in [6.45, 7) is 4.59. The van der Waals surface area contributed by atoms with Crippen molar-refractivity contribution in [3.05, 3.63) is 23.9 Å². The molecule has 1 aromatic heterocycles. The van der Waals surface area contributed by atoms with Crippen LogP contribution < -0.4 is 5.32 Å². The third kappa shape index (κ3) is 2.16. The van der Waals surface area contributed by atoms with E-state index in [1.807, 2.05) is 6.07 Å². The number of nitrogens with zero attached hydrogens (tertiary/aromatic N) is 2. The molecule has 1 aromatic rings. The van der Waals surface area contributed by atoms with Gasteiger partial charge >= 0.3 is 0 Å². The van der Waals surface area contributed by atoms with Crippen LogP contribution in [0, 0.1) is 23.2 Å². The Morgan fingerprint density at radius 3 is 2.69 bits per heavy atom. The van der Waals surface area contributed by atoms with Crippen molar-refractivity contribution in [3.8, 4) is 6.07 Å². The molecule has 0 aliphatic heterocycles. The molecule has 1 heterocycles. The minimum atomic E-state index is 0.524. The highest BCUT2D eigenvalue weighted by Crippen LogP contribution is 2.32. The first-order valence-corrected chi connectivity index (χ1v) is 5.83. The van der Waals surface area contributed by atoms with Crippen molar-refractivity contribution < 1.29 is 0 Å². The van der Waals surface area contributed by atoms with Crippen molar-refractivity contribution in [1.82, 2.24) is 4.98 Å². The molecule has 16 heavy (non-hydrogen) atoms. The van der Waals surface area contributed by atoms with E-state index in [2.05, 4.69) is 30.2 Å². The van der Waals surface area contributed by atoms with Crippen LogP contribution in [0.25, 0.3) is 0 Å². The summed E-state index contributed by atoms with van der Waals surface area (Å²) in [5.74, 6) is 2.36. The van der Waals surface area contributed by atoms with Crippen molar-refractivity contribution in [2.75, 3.05) is 5.32 Å². The molecule has 3 heteroatoms. The number of nitrogens with one attached hydrogen (secondary N) is 1. The van der Waals surface area contributed by atoms with Gasteiger partial charge in [0.25, 0.3) is 0 Å². The van der Waals surface area contributed by atoms with Gasteiger partial charge < -0.3 is 5.32 Å². The van der Waals surface area contributed by atoms with Crippen LogP contribution in [0.3, 0.4) is 0 Å². The summed E-state index contributed by atoms with van der Waals surface area (Å²) in [4.78, 5) is 4.24. The molecule has 84 valence electrons. The zero-order chi connectivity index (χ0) is 11.5. The zero-order valence-electron chi connectivity index (χ0n) is 9.77. The molecule has 3 unspecified atom stereocenters. The number of rotatable bonds is 2. The van der Waals surface area contributed by atoms with Gasteiger partial charge in [0, 0.05) is 12.2 Å². The lowest BCUT2D eigenvalue weighted by molar-refractivity contribution is 0.435. The van der Waals surface area contributed by atoms with Crippen LogP contribution >= 0.6 is 0 Å².